The lowest BCUT2D eigenvalue weighted by atomic mass is 10.0. The smallest absolute Gasteiger partial charge is 0.200 e. The summed E-state index contributed by atoms with van der Waals surface area (Å²) in [4.78, 5) is 11.3. The van der Waals surface area contributed by atoms with E-state index < -0.39 is 9.84 Å². The van der Waals surface area contributed by atoms with E-state index in [1.165, 1.54) is 12.3 Å². The molecule has 0 aliphatic carbocycles. The van der Waals surface area contributed by atoms with Gasteiger partial charge in [0.25, 0.3) is 0 Å². The van der Waals surface area contributed by atoms with Gasteiger partial charge in [0.05, 0.1) is 4.90 Å². The summed E-state index contributed by atoms with van der Waals surface area (Å²) < 4.78 is 23.3. The summed E-state index contributed by atoms with van der Waals surface area (Å²) in [5.41, 5.74) is 1.26. The third-order valence-corrected chi connectivity index (χ3v) is 3.84. The molecule has 4 heteroatoms. The van der Waals surface area contributed by atoms with Crippen LogP contribution >= 0.6 is 0 Å². The largest absolute Gasteiger partial charge is 0.300 e. The first-order valence-corrected chi connectivity index (χ1v) is 6.10. The summed E-state index contributed by atoms with van der Waals surface area (Å²) in [6.07, 6.45) is 0.177. The van der Waals surface area contributed by atoms with Gasteiger partial charge in [0.1, 0.15) is 5.78 Å². The average molecular weight is 222 g/mol. The van der Waals surface area contributed by atoms with E-state index in [1.54, 1.807) is 24.3 Å². The Morgan fingerprint density at radius 2 is 1.93 bits per heavy atom. The minimum atomic E-state index is -3.31. The first-order chi connectivity index (χ1) is 7.00. The van der Waals surface area contributed by atoms with Gasteiger partial charge >= 0.3 is 0 Å². The van der Waals surface area contributed by atoms with E-state index in [0.29, 0.717) is 16.0 Å². The second-order valence-electron chi connectivity index (χ2n) is 3.56. The van der Waals surface area contributed by atoms with Crippen LogP contribution < -0.4 is 0 Å². The molecule has 0 radical (unpaired) electrons. The third kappa shape index (κ3) is 1.72. The fourth-order valence-corrected chi connectivity index (χ4v) is 3.19. The lowest BCUT2D eigenvalue weighted by Gasteiger charge is -2.00. The SMILES string of the molecule is CC(=O)CC1=CS(=O)(=O)c2ccccc21. The molecule has 1 aromatic rings. The normalized spacial score (nSPS) is 17.0. The molecule has 0 aromatic heterocycles. The zero-order chi connectivity index (χ0) is 11.1. The molecule has 0 atom stereocenters. The van der Waals surface area contributed by atoms with Crippen molar-refractivity contribution in [3.63, 3.8) is 0 Å². The quantitative estimate of drug-likeness (QED) is 0.766. The van der Waals surface area contributed by atoms with E-state index in [0.717, 1.165) is 0 Å². The van der Waals surface area contributed by atoms with Crippen molar-refractivity contribution in [2.24, 2.45) is 0 Å². The highest BCUT2D eigenvalue weighted by molar-refractivity contribution is 7.95. The molecular formula is C11H10O3S. The molecule has 1 heterocycles. The molecule has 0 fully saturated rings. The third-order valence-electron chi connectivity index (χ3n) is 2.28. The molecule has 1 aromatic carbocycles. The Hall–Kier alpha value is -1.42. The van der Waals surface area contributed by atoms with Crippen LogP contribution in [0.25, 0.3) is 5.57 Å². The van der Waals surface area contributed by atoms with Crippen LogP contribution in [0.2, 0.25) is 0 Å². The van der Waals surface area contributed by atoms with Crippen LogP contribution in [0, 0.1) is 0 Å². The fourth-order valence-electron chi connectivity index (χ4n) is 1.70. The number of carbonyl (C=O) groups excluding carboxylic acids is 1. The monoisotopic (exact) mass is 222 g/mol. The molecule has 0 N–H and O–H groups in total. The molecule has 2 rings (SSSR count). The zero-order valence-corrected chi connectivity index (χ0v) is 9.04. The molecular weight excluding hydrogens is 212 g/mol. The second-order valence-corrected chi connectivity index (χ2v) is 5.33. The number of ketones is 1. The number of carbonyl (C=O) groups is 1. The van der Waals surface area contributed by atoms with Crippen LogP contribution in [0.4, 0.5) is 0 Å². The van der Waals surface area contributed by atoms with Gasteiger partial charge in [-0.1, -0.05) is 18.2 Å². The molecule has 0 spiro atoms. The van der Waals surface area contributed by atoms with Crippen LogP contribution in [0.3, 0.4) is 0 Å². The number of hydrogen-bond acceptors (Lipinski definition) is 3. The molecule has 0 saturated heterocycles. The summed E-state index contributed by atoms with van der Waals surface area (Å²) >= 11 is 0. The molecule has 0 unspecified atom stereocenters. The summed E-state index contributed by atoms with van der Waals surface area (Å²) in [5, 5.41) is 1.19. The first-order valence-electron chi connectivity index (χ1n) is 4.55. The Labute approximate surface area is 88.3 Å². The zero-order valence-electron chi connectivity index (χ0n) is 8.23. The van der Waals surface area contributed by atoms with Gasteiger partial charge in [0.2, 0.25) is 9.84 Å². The second kappa shape index (κ2) is 3.31. The van der Waals surface area contributed by atoms with E-state index in [1.807, 2.05) is 0 Å². The average Bonchev–Trinajstić information content (AvgIpc) is 2.39. The van der Waals surface area contributed by atoms with E-state index in [-0.39, 0.29) is 12.2 Å². The topological polar surface area (TPSA) is 51.2 Å². The number of sulfone groups is 1. The predicted octanol–water partition coefficient (Wildman–Crippen LogP) is 1.79. The number of allylic oxidation sites excluding steroid dienone is 1. The summed E-state index contributed by atoms with van der Waals surface area (Å²) in [5.74, 6) is -0.0341. The van der Waals surface area contributed by atoms with Gasteiger partial charge in [-0.2, -0.15) is 0 Å². The van der Waals surface area contributed by atoms with Crippen LogP contribution in [0.15, 0.2) is 34.6 Å². The van der Waals surface area contributed by atoms with Crippen molar-refractivity contribution in [1.29, 1.82) is 0 Å². The minimum absolute atomic E-state index is 0.0341. The highest BCUT2D eigenvalue weighted by atomic mass is 32.2. The van der Waals surface area contributed by atoms with Crippen LogP contribution in [0.5, 0.6) is 0 Å². The maximum absolute atomic E-state index is 11.7. The first kappa shape index (κ1) is 10.1. The maximum atomic E-state index is 11.7. The Morgan fingerprint density at radius 1 is 1.27 bits per heavy atom. The minimum Gasteiger partial charge on any atom is -0.300 e. The Balaban J connectivity index is 2.58. The molecule has 0 saturated carbocycles. The number of hydrogen-bond donors (Lipinski definition) is 0. The Kier molecular flexibility index (Phi) is 2.23. The van der Waals surface area contributed by atoms with Gasteiger partial charge in [0, 0.05) is 11.8 Å². The molecule has 1 aliphatic rings. The van der Waals surface area contributed by atoms with Crippen molar-refractivity contribution >= 4 is 21.2 Å². The number of benzene rings is 1. The lowest BCUT2D eigenvalue weighted by molar-refractivity contribution is -0.116. The fraction of sp³-hybridized carbons (Fsp3) is 0.182. The van der Waals surface area contributed by atoms with Crippen LogP contribution in [-0.2, 0) is 14.6 Å². The lowest BCUT2D eigenvalue weighted by Crippen LogP contribution is -1.92. The van der Waals surface area contributed by atoms with E-state index in [4.69, 9.17) is 0 Å². The maximum Gasteiger partial charge on any atom is 0.200 e. The molecule has 3 nitrogen and oxygen atoms in total. The van der Waals surface area contributed by atoms with Crippen molar-refractivity contribution in [2.45, 2.75) is 18.2 Å². The molecule has 15 heavy (non-hydrogen) atoms. The standard InChI is InChI=1S/C11H10O3S/c1-8(12)6-9-7-15(13,14)11-5-3-2-4-10(9)11/h2-5,7H,6H2,1H3. The summed E-state index contributed by atoms with van der Waals surface area (Å²) in [6.45, 7) is 1.45. The highest BCUT2D eigenvalue weighted by Crippen LogP contribution is 2.34. The van der Waals surface area contributed by atoms with Gasteiger partial charge in [-0.05, 0) is 24.1 Å². The van der Waals surface area contributed by atoms with Gasteiger partial charge in [0.15, 0.2) is 0 Å². The van der Waals surface area contributed by atoms with Crippen molar-refractivity contribution < 1.29 is 13.2 Å². The number of fused-ring (bicyclic) bond motifs is 1. The van der Waals surface area contributed by atoms with Crippen molar-refractivity contribution in [3.05, 3.63) is 35.2 Å². The molecule has 1 aliphatic heterocycles. The predicted molar refractivity (Wildman–Crippen MR) is 56.9 cm³/mol. The summed E-state index contributed by atoms with van der Waals surface area (Å²) in [6, 6.07) is 6.75. The molecule has 78 valence electrons. The van der Waals surface area contributed by atoms with Gasteiger partial charge < -0.3 is 0 Å². The van der Waals surface area contributed by atoms with Gasteiger partial charge in [-0.15, -0.1) is 0 Å². The van der Waals surface area contributed by atoms with Crippen LogP contribution in [-0.4, -0.2) is 14.2 Å². The van der Waals surface area contributed by atoms with Crippen molar-refractivity contribution in [3.8, 4) is 0 Å². The van der Waals surface area contributed by atoms with Crippen LogP contribution in [0.1, 0.15) is 18.9 Å². The van der Waals surface area contributed by atoms with E-state index in [9.17, 15) is 13.2 Å². The summed E-state index contributed by atoms with van der Waals surface area (Å²) in [7, 11) is -3.31. The van der Waals surface area contributed by atoms with Crippen molar-refractivity contribution in [2.75, 3.05) is 0 Å². The number of rotatable bonds is 2. The van der Waals surface area contributed by atoms with Gasteiger partial charge in [-0.3, -0.25) is 4.79 Å². The Bertz CT molecular complexity index is 553. The number of Topliss-reactive ketones (excluding diaryl/α,β-unsaturated/α-hetero) is 1. The van der Waals surface area contributed by atoms with E-state index >= 15 is 0 Å². The molecule has 0 bridgehead atoms. The Morgan fingerprint density at radius 3 is 2.60 bits per heavy atom. The van der Waals surface area contributed by atoms with E-state index in [2.05, 4.69) is 0 Å². The highest BCUT2D eigenvalue weighted by Gasteiger charge is 2.26. The molecule has 0 amide bonds. The van der Waals surface area contributed by atoms with Gasteiger partial charge in [-0.25, -0.2) is 8.42 Å². The van der Waals surface area contributed by atoms with Crippen molar-refractivity contribution in [1.82, 2.24) is 0 Å².